The van der Waals surface area contributed by atoms with E-state index in [-0.39, 0.29) is 0 Å². The molecule has 0 bridgehead atoms. The predicted molar refractivity (Wildman–Crippen MR) is 265 cm³/mol. The van der Waals surface area contributed by atoms with Crippen LogP contribution in [0.15, 0.2) is 255 Å². The van der Waals surface area contributed by atoms with Gasteiger partial charge >= 0.3 is 0 Å². The summed E-state index contributed by atoms with van der Waals surface area (Å²) in [4.78, 5) is 4.77. The highest BCUT2D eigenvalue weighted by Crippen LogP contribution is 2.56. The van der Waals surface area contributed by atoms with Gasteiger partial charge in [0.25, 0.3) is 0 Å². The maximum Gasteiger partial charge on any atom is 0.179 e. The molecule has 0 N–H and O–H groups in total. The Balaban J connectivity index is 1.13. The summed E-state index contributed by atoms with van der Waals surface area (Å²) in [6, 6.07) is 92.7. The minimum atomic E-state index is -2.85. The SMILES string of the molecule is c1ccc(C2(c3ccccc3)c3cc(-c4ccc5c(c4)c4ccccc4n5-c4ccccn4)ccc3-c3ccc([Si](c4ccccc4)(c4ccccc4)c4ccccc4)cc32)cc1. The molecular formula is C60H42N2Si. The summed E-state index contributed by atoms with van der Waals surface area (Å²) in [7, 11) is -2.85. The van der Waals surface area contributed by atoms with E-state index in [1.807, 2.05) is 12.3 Å². The number of para-hydroxylation sites is 1. The second-order valence-corrected chi connectivity index (χ2v) is 20.4. The standard InChI is InChI=1S/C60H42N2Si/c1-6-20-45(21-7-1)60(46-22-8-2-9-23-46)55-41-44(43-34-38-58-54(40-43)53-30-16-17-31-57(53)62(58)59-32-18-19-39-61-59)33-36-51(55)52-37-35-50(42-56(52)60)63(47-24-10-3-11-25-47,48-26-12-4-13-27-48)49-28-14-5-15-29-49/h1-42H. The molecule has 0 fully saturated rings. The van der Waals surface area contributed by atoms with Gasteiger partial charge in [0.2, 0.25) is 0 Å². The van der Waals surface area contributed by atoms with Crippen LogP contribution in [0, 0.1) is 0 Å². The number of hydrogen-bond donors (Lipinski definition) is 0. The Morgan fingerprint density at radius 1 is 0.349 bits per heavy atom. The van der Waals surface area contributed by atoms with Crippen LogP contribution in [0.2, 0.25) is 0 Å². The average Bonchev–Trinajstić information content (AvgIpc) is 3.86. The van der Waals surface area contributed by atoms with Crippen molar-refractivity contribution in [2.75, 3.05) is 0 Å². The Hall–Kier alpha value is -7.85. The molecule has 63 heavy (non-hydrogen) atoms. The summed E-state index contributed by atoms with van der Waals surface area (Å²) >= 11 is 0. The molecule has 0 unspecified atom stereocenters. The number of rotatable bonds is 8. The topological polar surface area (TPSA) is 17.8 Å². The van der Waals surface area contributed by atoms with Crippen LogP contribution in [0.1, 0.15) is 22.3 Å². The summed E-state index contributed by atoms with van der Waals surface area (Å²) in [5.74, 6) is 0.917. The van der Waals surface area contributed by atoms with E-state index in [0.29, 0.717) is 0 Å². The molecule has 2 heterocycles. The van der Waals surface area contributed by atoms with Crippen molar-refractivity contribution in [3.05, 3.63) is 277 Å². The summed E-state index contributed by atoms with van der Waals surface area (Å²) in [6.45, 7) is 0. The smallest absolute Gasteiger partial charge is 0.179 e. The van der Waals surface area contributed by atoms with Gasteiger partial charge in [-0.05, 0) is 102 Å². The van der Waals surface area contributed by atoms with Crippen molar-refractivity contribution < 1.29 is 0 Å². The molecule has 3 heteroatoms. The van der Waals surface area contributed by atoms with Crippen molar-refractivity contribution in [3.8, 4) is 28.1 Å². The van der Waals surface area contributed by atoms with Gasteiger partial charge in [0.05, 0.1) is 16.4 Å². The second-order valence-electron chi connectivity index (χ2n) is 16.6. The van der Waals surface area contributed by atoms with E-state index < -0.39 is 13.5 Å². The molecule has 0 amide bonds. The zero-order valence-corrected chi connectivity index (χ0v) is 35.6. The lowest BCUT2D eigenvalue weighted by atomic mass is 9.67. The molecule has 0 spiro atoms. The van der Waals surface area contributed by atoms with E-state index in [4.69, 9.17) is 4.98 Å². The van der Waals surface area contributed by atoms with E-state index in [1.54, 1.807) is 0 Å². The highest BCUT2D eigenvalue weighted by Gasteiger charge is 2.49. The van der Waals surface area contributed by atoms with Crippen LogP contribution >= 0.6 is 0 Å². The van der Waals surface area contributed by atoms with Crippen molar-refractivity contribution in [1.29, 1.82) is 0 Å². The van der Waals surface area contributed by atoms with Gasteiger partial charge in [-0.3, -0.25) is 4.57 Å². The van der Waals surface area contributed by atoms with E-state index in [2.05, 4.69) is 247 Å². The monoisotopic (exact) mass is 818 g/mol. The molecule has 9 aromatic carbocycles. The predicted octanol–water partition coefficient (Wildman–Crippen LogP) is 11.6. The fourth-order valence-corrected chi connectivity index (χ4v) is 15.6. The third-order valence-electron chi connectivity index (χ3n) is 13.5. The highest BCUT2D eigenvalue weighted by atomic mass is 28.3. The number of nitrogens with zero attached hydrogens (tertiary/aromatic N) is 2. The third kappa shape index (κ3) is 5.60. The van der Waals surface area contributed by atoms with Crippen molar-refractivity contribution in [2.24, 2.45) is 0 Å². The summed E-state index contributed by atoms with van der Waals surface area (Å²) in [5.41, 5.74) is 11.7. The highest BCUT2D eigenvalue weighted by molar-refractivity contribution is 7.19. The summed E-state index contributed by atoms with van der Waals surface area (Å²) < 4.78 is 2.28. The number of benzene rings is 9. The fourth-order valence-electron chi connectivity index (χ4n) is 10.9. The molecule has 296 valence electrons. The second kappa shape index (κ2) is 14.9. The van der Waals surface area contributed by atoms with Crippen LogP contribution < -0.4 is 20.7 Å². The van der Waals surface area contributed by atoms with E-state index in [1.165, 1.54) is 76.0 Å². The van der Waals surface area contributed by atoms with Crippen LogP contribution in [0.3, 0.4) is 0 Å². The van der Waals surface area contributed by atoms with Gasteiger partial charge in [-0.1, -0.05) is 212 Å². The van der Waals surface area contributed by atoms with Crippen LogP contribution in [0.25, 0.3) is 49.9 Å². The van der Waals surface area contributed by atoms with Crippen molar-refractivity contribution in [3.63, 3.8) is 0 Å². The Morgan fingerprint density at radius 2 is 0.825 bits per heavy atom. The summed E-state index contributed by atoms with van der Waals surface area (Å²) in [6.07, 6.45) is 1.87. The first-order chi connectivity index (χ1) is 31.3. The quantitative estimate of drug-likeness (QED) is 0.110. The van der Waals surface area contributed by atoms with E-state index >= 15 is 0 Å². The molecule has 0 saturated carbocycles. The van der Waals surface area contributed by atoms with Gasteiger partial charge in [-0.2, -0.15) is 0 Å². The molecule has 0 atom stereocenters. The lowest BCUT2D eigenvalue weighted by molar-refractivity contribution is 0.769. The van der Waals surface area contributed by atoms with E-state index in [0.717, 1.165) is 16.9 Å². The average molecular weight is 819 g/mol. The molecule has 1 aliphatic rings. The largest absolute Gasteiger partial charge is 0.294 e. The zero-order chi connectivity index (χ0) is 41.8. The van der Waals surface area contributed by atoms with Gasteiger partial charge in [0.15, 0.2) is 8.07 Å². The molecule has 0 radical (unpaired) electrons. The molecule has 2 nitrogen and oxygen atoms in total. The van der Waals surface area contributed by atoms with Gasteiger partial charge in [-0.15, -0.1) is 0 Å². The Morgan fingerprint density at radius 3 is 1.41 bits per heavy atom. The normalized spacial score (nSPS) is 12.9. The van der Waals surface area contributed by atoms with Crippen molar-refractivity contribution in [2.45, 2.75) is 5.41 Å². The van der Waals surface area contributed by atoms with Gasteiger partial charge < -0.3 is 0 Å². The Bertz CT molecular complexity index is 3280. The molecule has 12 rings (SSSR count). The maximum absolute atomic E-state index is 4.77. The molecule has 0 saturated heterocycles. The molecule has 1 aliphatic carbocycles. The number of hydrogen-bond acceptors (Lipinski definition) is 1. The first-order valence-electron chi connectivity index (χ1n) is 21.8. The maximum atomic E-state index is 4.77. The van der Waals surface area contributed by atoms with Crippen LogP contribution in [0.5, 0.6) is 0 Å². The molecular weight excluding hydrogens is 777 g/mol. The van der Waals surface area contributed by atoms with Gasteiger partial charge in [0, 0.05) is 17.0 Å². The summed E-state index contributed by atoms with van der Waals surface area (Å²) in [5, 5.41) is 7.89. The van der Waals surface area contributed by atoms with Crippen LogP contribution in [-0.2, 0) is 5.41 Å². The van der Waals surface area contributed by atoms with Crippen LogP contribution in [0.4, 0.5) is 0 Å². The van der Waals surface area contributed by atoms with Gasteiger partial charge in [0.1, 0.15) is 5.82 Å². The lowest BCUT2D eigenvalue weighted by Crippen LogP contribution is -2.74. The van der Waals surface area contributed by atoms with E-state index in [9.17, 15) is 0 Å². The number of fused-ring (bicyclic) bond motifs is 6. The minimum Gasteiger partial charge on any atom is -0.294 e. The molecule has 0 aliphatic heterocycles. The Kier molecular flexibility index (Phi) is 8.77. The van der Waals surface area contributed by atoms with Crippen LogP contribution in [-0.4, -0.2) is 17.6 Å². The van der Waals surface area contributed by atoms with Gasteiger partial charge in [-0.25, -0.2) is 4.98 Å². The Labute approximate surface area is 369 Å². The first-order valence-corrected chi connectivity index (χ1v) is 23.8. The first kappa shape index (κ1) is 37.0. The van der Waals surface area contributed by atoms with Crippen molar-refractivity contribution >= 4 is 50.6 Å². The number of aromatic nitrogens is 2. The third-order valence-corrected chi connectivity index (χ3v) is 18.3. The minimum absolute atomic E-state index is 0.595. The fraction of sp³-hybridized carbons (Fsp3) is 0.0167. The zero-order valence-electron chi connectivity index (χ0n) is 34.6. The lowest BCUT2D eigenvalue weighted by Gasteiger charge is -2.37. The molecule has 11 aromatic rings. The van der Waals surface area contributed by atoms with Crippen molar-refractivity contribution in [1.82, 2.24) is 9.55 Å². The number of pyridine rings is 1. The molecule has 2 aromatic heterocycles.